The Balaban J connectivity index is 2.41. The van der Waals surface area contributed by atoms with Crippen LogP contribution in [-0.4, -0.2) is 53.4 Å². The number of hydrogen-bond donors (Lipinski definition) is 2. The van der Waals surface area contributed by atoms with E-state index in [1.807, 2.05) is 0 Å². The molecule has 0 aromatic heterocycles. The van der Waals surface area contributed by atoms with E-state index in [0.29, 0.717) is 4.90 Å². The molecule has 1 aromatic rings. The summed E-state index contributed by atoms with van der Waals surface area (Å²) >= 11 is 11.7. The van der Waals surface area contributed by atoms with Crippen LogP contribution >= 0.6 is 23.2 Å². The van der Waals surface area contributed by atoms with Crippen molar-refractivity contribution in [2.75, 3.05) is 6.54 Å². The van der Waals surface area contributed by atoms with E-state index < -0.39 is 39.7 Å². The Labute approximate surface area is 136 Å². The summed E-state index contributed by atoms with van der Waals surface area (Å²) in [5.74, 6) is -1.39. The van der Waals surface area contributed by atoms with Crippen LogP contribution in [-0.2, 0) is 14.6 Å². The number of likely N-dealkylation sites (tertiary alicyclic amines) is 1. The van der Waals surface area contributed by atoms with Crippen LogP contribution < -0.4 is 0 Å². The SMILES string of the molecule is O=C(O)[C@@H]1C[C@@H](S(=O)(=O)c2cccc(Cl)c2Cl)CN1C(=O)O. The summed E-state index contributed by atoms with van der Waals surface area (Å²) in [6.07, 6.45) is -1.82. The first-order valence-corrected chi connectivity index (χ1v) is 8.36. The van der Waals surface area contributed by atoms with Crippen LogP contribution in [0.25, 0.3) is 0 Å². The second kappa shape index (κ2) is 5.94. The van der Waals surface area contributed by atoms with E-state index in [4.69, 9.17) is 33.4 Å². The first kappa shape index (κ1) is 16.9. The minimum absolute atomic E-state index is 0.0469. The first-order chi connectivity index (χ1) is 10.2. The third kappa shape index (κ3) is 2.86. The van der Waals surface area contributed by atoms with Gasteiger partial charge in [0.15, 0.2) is 9.84 Å². The maximum absolute atomic E-state index is 12.6. The molecular formula is C12H11Cl2NO6S. The second-order valence-corrected chi connectivity index (χ2v) is 7.73. The van der Waals surface area contributed by atoms with Gasteiger partial charge in [0.1, 0.15) is 6.04 Å². The average molecular weight is 368 g/mol. The first-order valence-electron chi connectivity index (χ1n) is 6.06. The molecule has 1 fully saturated rings. The van der Waals surface area contributed by atoms with Gasteiger partial charge in [-0.25, -0.2) is 18.0 Å². The van der Waals surface area contributed by atoms with Gasteiger partial charge in [-0.2, -0.15) is 0 Å². The number of aliphatic carboxylic acids is 1. The Morgan fingerprint density at radius 1 is 1.23 bits per heavy atom. The van der Waals surface area contributed by atoms with Gasteiger partial charge in [0.2, 0.25) is 0 Å². The van der Waals surface area contributed by atoms with Crippen molar-refractivity contribution in [2.24, 2.45) is 0 Å². The molecule has 0 saturated carbocycles. The molecule has 1 aliphatic rings. The summed E-state index contributed by atoms with van der Waals surface area (Å²) in [5, 5.41) is 16.7. The van der Waals surface area contributed by atoms with E-state index in [9.17, 15) is 18.0 Å². The van der Waals surface area contributed by atoms with E-state index in [0.717, 1.165) is 0 Å². The van der Waals surface area contributed by atoms with Gasteiger partial charge in [-0.3, -0.25) is 4.90 Å². The number of rotatable bonds is 3. The van der Waals surface area contributed by atoms with E-state index in [1.165, 1.54) is 18.2 Å². The van der Waals surface area contributed by atoms with E-state index >= 15 is 0 Å². The maximum Gasteiger partial charge on any atom is 0.408 e. The Hall–Kier alpha value is -1.51. The molecule has 7 nitrogen and oxygen atoms in total. The van der Waals surface area contributed by atoms with Crippen molar-refractivity contribution in [2.45, 2.75) is 22.6 Å². The number of halogens is 2. The van der Waals surface area contributed by atoms with Gasteiger partial charge in [-0.1, -0.05) is 29.3 Å². The molecule has 2 atom stereocenters. The van der Waals surface area contributed by atoms with Crippen LogP contribution in [0.5, 0.6) is 0 Å². The van der Waals surface area contributed by atoms with Crippen LogP contribution in [0, 0.1) is 0 Å². The molecule has 1 saturated heterocycles. The van der Waals surface area contributed by atoms with Crippen molar-refractivity contribution in [1.29, 1.82) is 0 Å². The maximum atomic E-state index is 12.6. The zero-order chi connectivity index (χ0) is 16.7. The summed E-state index contributed by atoms with van der Waals surface area (Å²) in [4.78, 5) is 22.5. The number of carbonyl (C=O) groups is 2. The van der Waals surface area contributed by atoms with Crippen molar-refractivity contribution >= 4 is 45.1 Å². The lowest BCUT2D eigenvalue weighted by Crippen LogP contribution is -2.39. The lowest BCUT2D eigenvalue weighted by molar-refractivity contribution is -0.141. The Kier molecular flexibility index (Phi) is 4.55. The smallest absolute Gasteiger partial charge is 0.408 e. The predicted molar refractivity (Wildman–Crippen MR) is 78.2 cm³/mol. The monoisotopic (exact) mass is 367 g/mol. The molecule has 120 valence electrons. The van der Waals surface area contributed by atoms with E-state index in [2.05, 4.69) is 0 Å². The molecule has 1 aliphatic heterocycles. The van der Waals surface area contributed by atoms with Gasteiger partial charge in [-0.15, -0.1) is 0 Å². The molecule has 0 aliphatic carbocycles. The number of amides is 1. The molecule has 22 heavy (non-hydrogen) atoms. The fraction of sp³-hybridized carbons (Fsp3) is 0.333. The van der Waals surface area contributed by atoms with Crippen LogP contribution in [0.15, 0.2) is 23.1 Å². The van der Waals surface area contributed by atoms with Crippen LogP contribution in [0.3, 0.4) is 0 Å². The zero-order valence-corrected chi connectivity index (χ0v) is 13.3. The van der Waals surface area contributed by atoms with E-state index in [-0.39, 0.29) is 21.4 Å². The van der Waals surface area contributed by atoms with Crippen LogP contribution in [0.2, 0.25) is 10.0 Å². The summed E-state index contributed by atoms with van der Waals surface area (Å²) < 4.78 is 25.2. The normalized spacial score (nSPS) is 21.8. The number of carboxylic acids is 1. The lowest BCUT2D eigenvalue weighted by Gasteiger charge is -2.16. The number of hydrogen-bond acceptors (Lipinski definition) is 4. The standard InChI is InChI=1S/C12H11Cl2NO6S/c13-7-2-1-3-9(10(7)14)22(20,21)6-4-8(11(16)17)15(5-6)12(18)19/h1-3,6,8H,4-5H2,(H,16,17)(H,18,19)/t6-,8+/m1/s1. The van der Waals surface area contributed by atoms with E-state index in [1.54, 1.807) is 0 Å². The third-order valence-electron chi connectivity index (χ3n) is 3.45. The van der Waals surface area contributed by atoms with Gasteiger partial charge in [0, 0.05) is 6.54 Å². The fourth-order valence-electron chi connectivity index (χ4n) is 2.35. The highest BCUT2D eigenvalue weighted by Crippen LogP contribution is 2.34. The molecule has 0 radical (unpaired) electrons. The van der Waals surface area contributed by atoms with Crippen LogP contribution in [0.1, 0.15) is 6.42 Å². The van der Waals surface area contributed by atoms with Crippen molar-refractivity contribution in [1.82, 2.24) is 4.90 Å². The molecule has 2 rings (SSSR count). The number of benzene rings is 1. The summed E-state index contributed by atoms with van der Waals surface area (Å²) in [7, 11) is -4.01. The third-order valence-corrected chi connectivity index (χ3v) is 6.56. The minimum Gasteiger partial charge on any atom is -0.480 e. The van der Waals surface area contributed by atoms with Crippen molar-refractivity contribution < 1.29 is 28.2 Å². The molecule has 0 spiro atoms. The number of nitrogens with zero attached hydrogens (tertiary/aromatic N) is 1. The Morgan fingerprint density at radius 2 is 1.86 bits per heavy atom. The largest absolute Gasteiger partial charge is 0.480 e. The Morgan fingerprint density at radius 3 is 2.36 bits per heavy atom. The molecule has 1 heterocycles. The highest BCUT2D eigenvalue weighted by atomic mass is 35.5. The molecule has 0 bridgehead atoms. The summed E-state index contributed by atoms with van der Waals surface area (Å²) in [6, 6.07) is 2.67. The molecule has 1 amide bonds. The average Bonchev–Trinajstić information content (AvgIpc) is 2.87. The highest BCUT2D eigenvalue weighted by molar-refractivity contribution is 7.92. The molecule has 10 heteroatoms. The topological polar surface area (TPSA) is 112 Å². The molecule has 1 aromatic carbocycles. The number of carboxylic acid groups (broad SMARTS) is 2. The van der Waals surface area contributed by atoms with Crippen molar-refractivity contribution in [3.05, 3.63) is 28.2 Å². The van der Waals surface area contributed by atoms with Gasteiger partial charge in [0.05, 0.1) is 20.2 Å². The second-order valence-electron chi connectivity index (χ2n) is 4.74. The molecule has 2 N–H and O–H groups in total. The van der Waals surface area contributed by atoms with Gasteiger partial charge < -0.3 is 10.2 Å². The van der Waals surface area contributed by atoms with Gasteiger partial charge in [-0.05, 0) is 18.6 Å². The van der Waals surface area contributed by atoms with Gasteiger partial charge in [0.25, 0.3) is 0 Å². The quantitative estimate of drug-likeness (QED) is 0.844. The predicted octanol–water partition coefficient (Wildman–Crippen LogP) is 1.97. The number of sulfone groups is 1. The Bertz CT molecular complexity index is 713. The fourth-order valence-corrected chi connectivity index (χ4v) is 4.81. The minimum atomic E-state index is -4.01. The highest BCUT2D eigenvalue weighted by Gasteiger charge is 2.46. The molecular weight excluding hydrogens is 357 g/mol. The van der Waals surface area contributed by atoms with Crippen LogP contribution in [0.4, 0.5) is 4.79 Å². The lowest BCUT2D eigenvalue weighted by atomic mass is 10.2. The van der Waals surface area contributed by atoms with Crippen molar-refractivity contribution in [3.8, 4) is 0 Å². The summed E-state index contributed by atoms with van der Waals surface area (Å²) in [5.41, 5.74) is 0. The van der Waals surface area contributed by atoms with Crippen molar-refractivity contribution in [3.63, 3.8) is 0 Å². The molecule has 0 unspecified atom stereocenters. The zero-order valence-electron chi connectivity index (χ0n) is 10.9. The summed E-state index contributed by atoms with van der Waals surface area (Å²) in [6.45, 7) is -0.433. The van der Waals surface area contributed by atoms with Gasteiger partial charge >= 0.3 is 12.1 Å².